The van der Waals surface area contributed by atoms with Crippen LogP contribution in [0.5, 0.6) is 0 Å². The van der Waals surface area contributed by atoms with Crippen LogP contribution in [0.25, 0.3) is 22.6 Å². The summed E-state index contributed by atoms with van der Waals surface area (Å²) in [4.78, 5) is 17.0. The van der Waals surface area contributed by atoms with Crippen molar-refractivity contribution < 1.29 is 9.21 Å². The molecule has 0 aliphatic rings. The Kier molecular flexibility index (Phi) is 4.19. The summed E-state index contributed by atoms with van der Waals surface area (Å²) in [5.41, 5.74) is 4.37. The fourth-order valence-electron chi connectivity index (χ4n) is 2.72. The van der Waals surface area contributed by atoms with E-state index in [0.717, 1.165) is 22.2 Å². The minimum Gasteiger partial charge on any atom is -0.436 e. The van der Waals surface area contributed by atoms with Gasteiger partial charge in [0.15, 0.2) is 5.58 Å². The lowest BCUT2D eigenvalue weighted by Gasteiger charge is -2.10. The fraction of sp³-hybridized carbons (Fsp3) is 0.0476. The number of rotatable bonds is 3. The molecule has 3 aromatic carbocycles. The van der Waals surface area contributed by atoms with Crippen molar-refractivity contribution in [1.82, 2.24) is 4.98 Å². The van der Waals surface area contributed by atoms with E-state index in [2.05, 4.69) is 10.3 Å². The van der Waals surface area contributed by atoms with Crippen LogP contribution in [0.1, 0.15) is 15.9 Å². The van der Waals surface area contributed by atoms with Gasteiger partial charge in [0.05, 0.1) is 10.6 Å². The second-order valence-electron chi connectivity index (χ2n) is 5.95. The van der Waals surface area contributed by atoms with E-state index in [9.17, 15) is 4.79 Å². The van der Waals surface area contributed by atoms with Crippen LogP contribution in [0.3, 0.4) is 0 Å². The molecular weight excluding hydrogens is 348 g/mol. The number of hydrogen-bond donors (Lipinski definition) is 1. The molecular formula is C21H15ClN2O2. The Morgan fingerprint density at radius 2 is 1.81 bits per heavy atom. The number of nitrogens with zero attached hydrogens (tertiary/aromatic N) is 1. The summed E-state index contributed by atoms with van der Waals surface area (Å²) in [5.74, 6) is 0.257. The molecule has 0 bridgehead atoms. The molecule has 1 amide bonds. The number of anilines is 1. The molecule has 128 valence electrons. The maximum atomic E-state index is 12.5. The number of oxazole rings is 1. The Morgan fingerprint density at radius 3 is 2.62 bits per heavy atom. The average molecular weight is 363 g/mol. The van der Waals surface area contributed by atoms with Crippen LogP contribution in [0.2, 0.25) is 5.02 Å². The van der Waals surface area contributed by atoms with Crippen molar-refractivity contribution >= 4 is 34.3 Å². The number of carbonyl (C=O) groups excluding carboxylic acids is 1. The SMILES string of the molecule is Cc1ccc(-c2nc3ccccc3o2)cc1NC(=O)c1ccccc1Cl. The molecule has 0 aliphatic heterocycles. The van der Waals surface area contributed by atoms with Gasteiger partial charge in [-0.25, -0.2) is 4.98 Å². The van der Waals surface area contributed by atoms with Crippen molar-refractivity contribution in [3.8, 4) is 11.5 Å². The first-order chi connectivity index (χ1) is 12.6. The van der Waals surface area contributed by atoms with E-state index in [0.29, 0.717) is 22.2 Å². The summed E-state index contributed by atoms with van der Waals surface area (Å²) in [7, 11) is 0. The van der Waals surface area contributed by atoms with E-state index >= 15 is 0 Å². The summed E-state index contributed by atoms with van der Waals surface area (Å²) < 4.78 is 5.81. The molecule has 1 heterocycles. The average Bonchev–Trinajstić information content (AvgIpc) is 3.08. The lowest BCUT2D eigenvalue weighted by atomic mass is 10.1. The van der Waals surface area contributed by atoms with Crippen molar-refractivity contribution in [3.05, 3.63) is 82.9 Å². The van der Waals surface area contributed by atoms with Gasteiger partial charge in [-0.15, -0.1) is 0 Å². The van der Waals surface area contributed by atoms with Crippen LogP contribution >= 0.6 is 11.6 Å². The van der Waals surface area contributed by atoms with Crippen LogP contribution in [0, 0.1) is 6.92 Å². The number of hydrogen-bond acceptors (Lipinski definition) is 3. The van der Waals surface area contributed by atoms with Gasteiger partial charge in [0, 0.05) is 11.3 Å². The highest BCUT2D eigenvalue weighted by molar-refractivity contribution is 6.34. The van der Waals surface area contributed by atoms with E-state index < -0.39 is 0 Å². The van der Waals surface area contributed by atoms with E-state index in [1.165, 1.54) is 0 Å². The van der Waals surface area contributed by atoms with Gasteiger partial charge < -0.3 is 9.73 Å². The number of carbonyl (C=O) groups is 1. The van der Waals surface area contributed by atoms with Crippen LogP contribution in [0.4, 0.5) is 5.69 Å². The monoisotopic (exact) mass is 362 g/mol. The highest BCUT2D eigenvalue weighted by Crippen LogP contribution is 2.28. The first-order valence-electron chi connectivity index (χ1n) is 8.14. The smallest absolute Gasteiger partial charge is 0.257 e. The summed E-state index contributed by atoms with van der Waals surface area (Å²) in [6, 6.07) is 20.3. The molecule has 1 aromatic heterocycles. The number of para-hydroxylation sites is 2. The third kappa shape index (κ3) is 3.07. The molecule has 0 saturated heterocycles. The molecule has 0 atom stereocenters. The predicted octanol–water partition coefficient (Wildman–Crippen LogP) is 5.71. The molecule has 0 radical (unpaired) electrons. The lowest BCUT2D eigenvalue weighted by molar-refractivity contribution is 0.102. The van der Waals surface area contributed by atoms with Crippen LogP contribution in [-0.2, 0) is 0 Å². The molecule has 4 aromatic rings. The molecule has 0 aliphatic carbocycles. The van der Waals surface area contributed by atoms with Crippen molar-refractivity contribution in [1.29, 1.82) is 0 Å². The first-order valence-corrected chi connectivity index (χ1v) is 8.52. The Balaban J connectivity index is 1.68. The van der Waals surface area contributed by atoms with Gasteiger partial charge in [-0.2, -0.15) is 0 Å². The van der Waals surface area contributed by atoms with E-state index in [1.54, 1.807) is 24.3 Å². The number of halogens is 1. The summed E-state index contributed by atoms with van der Waals surface area (Å²) in [6.07, 6.45) is 0. The third-order valence-corrected chi connectivity index (χ3v) is 4.47. The normalized spacial score (nSPS) is 10.8. The zero-order chi connectivity index (χ0) is 18.1. The van der Waals surface area contributed by atoms with Crippen molar-refractivity contribution in [2.45, 2.75) is 6.92 Å². The first kappa shape index (κ1) is 16.4. The molecule has 0 saturated carbocycles. The van der Waals surface area contributed by atoms with Gasteiger partial charge in [0.2, 0.25) is 5.89 Å². The van der Waals surface area contributed by atoms with Gasteiger partial charge >= 0.3 is 0 Å². The lowest BCUT2D eigenvalue weighted by Crippen LogP contribution is -2.13. The Morgan fingerprint density at radius 1 is 1.04 bits per heavy atom. The highest BCUT2D eigenvalue weighted by atomic mass is 35.5. The van der Waals surface area contributed by atoms with E-state index in [1.807, 2.05) is 49.4 Å². The standard InChI is InChI=1S/C21H15ClN2O2/c1-13-10-11-14(21-24-17-8-4-5-9-19(17)26-21)12-18(13)23-20(25)15-6-2-3-7-16(15)22/h2-12H,1H3,(H,23,25). The maximum Gasteiger partial charge on any atom is 0.257 e. The molecule has 0 fully saturated rings. The molecule has 26 heavy (non-hydrogen) atoms. The maximum absolute atomic E-state index is 12.5. The highest BCUT2D eigenvalue weighted by Gasteiger charge is 2.13. The quantitative estimate of drug-likeness (QED) is 0.508. The van der Waals surface area contributed by atoms with E-state index in [4.69, 9.17) is 16.0 Å². The van der Waals surface area contributed by atoms with Crippen molar-refractivity contribution in [2.75, 3.05) is 5.32 Å². The van der Waals surface area contributed by atoms with E-state index in [-0.39, 0.29) is 5.91 Å². The van der Waals surface area contributed by atoms with Crippen LogP contribution in [0.15, 0.2) is 71.1 Å². The number of nitrogens with one attached hydrogen (secondary N) is 1. The zero-order valence-electron chi connectivity index (χ0n) is 14.0. The number of fused-ring (bicyclic) bond motifs is 1. The summed E-state index contributed by atoms with van der Waals surface area (Å²) >= 11 is 6.11. The van der Waals surface area contributed by atoms with Gasteiger partial charge in [-0.1, -0.05) is 41.9 Å². The second-order valence-corrected chi connectivity index (χ2v) is 6.36. The number of aryl methyl sites for hydroxylation is 1. The number of benzene rings is 3. The summed E-state index contributed by atoms with van der Waals surface area (Å²) in [5, 5.41) is 3.33. The minimum absolute atomic E-state index is 0.256. The Hall–Kier alpha value is -3.11. The van der Waals surface area contributed by atoms with Crippen LogP contribution in [-0.4, -0.2) is 10.9 Å². The van der Waals surface area contributed by atoms with Crippen LogP contribution < -0.4 is 5.32 Å². The number of aromatic nitrogens is 1. The second kappa shape index (κ2) is 6.65. The molecule has 4 nitrogen and oxygen atoms in total. The number of amides is 1. The molecule has 4 rings (SSSR count). The van der Waals surface area contributed by atoms with Gasteiger partial charge in [0.25, 0.3) is 5.91 Å². The Bertz CT molecular complexity index is 1080. The predicted molar refractivity (Wildman–Crippen MR) is 104 cm³/mol. The molecule has 0 spiro atoms. The molecule has 1 N–H and O–H groups in total. The Labute approximate surface area is 155 Å². The van der Waals surface area contributed by atoms with Gasteiger partial charge in [-0.3, -0.25) is 4.79 Å². The third-order valence-electron chi connectivity index (χ3n) is 4.15. The largest absolute Gasteiger partial charge is 0.436 e. The molecule has 5 heteroatoms. The molecule has 0 unspecified atom stereocenters. The van der Waals surface area contributed by atoms with Crippen molar-refractivity contribution in [2.24, 2.45) is 0 Å². The van der Waals surface area contributed by atoms with Gasteiger partial charge in [0.1, 0.15) is 5.52 Å². The summed E-state index contributed by atoms with van der Waals surface area (Å²) in [6.45, 7) is 1.93. The zero-order valence-corrected chi connectivity index (χ0v) is 14.7. The fourth-order valence-corrected chi connectivity index (χ4v) is 2.94. The van der Waals surface area contributed by atoms with Gasteiger partial charge in [-0.05, 0) is 48.9 Å². The topological polar surface area (TPSA) is 55.1 Å². The van der Waals surface area contributed by atoms with Crippen molar-refractivity contribution in [3.63, 3.8) is 0 Å². The minimum atomic E-state index is -0.256.